The van der Waals surface area contributed by atoms with Crippen LogP contribution in [0.5, 0.6) is 0 Å². The molecule has 0 N–H and O–H groups in total. The molecule has 0 aliphatic rings. The molecule has 0 rings (SSSR count). The van der Waals surface area contributed by atoms with Crippen LogP contribution in [0.3, 0.4) is 0 Å². The van der Waals surface area contributed by atoms with E-state index < -0.39 is 6.10 Å². The molecule has 0 radical (unpaired) electrons. The summed E-state index contributed by atoms with van der Waals surface area (Å²) in [5, 5.41) is 0. The van der Waals surface area contributed by atoms with Crippen LogP contribution in [-0.4, -0.2) is 37.2 Å². The monoisotopic (exact) mass is 1040 g/mol. The van der Waals surface area contributed by atoms with E-state index in [2.05, 4.69) is 142 Å². The highest BCUT2D eigenvalue weighted by molar-refractivity contribution is 5.71. The quantitative estimate of drug-likeness (QED) is 0.0261. The summed E-state index contributed by atoms with van der Waals surface area (Å²) in [7, 11) is 0. The maximum atomic E-state index is 12.9. The third-order valence-electron chi connectivity index (χ3n) is 12.9. The maximum absolute atomic E-state index is 12.9. The Balaban J connectivity index is 4.45. The Hall–Kier alpha value is -4.19. The lowest BCUT2D eigenvalue weighted by molar-refractivity contribution is -0.167. The van der Waals surface area contributed by atoms with Gasteiger partial charge in [0.15, 0.2) is 6.10 Å². The number of carbonyl (C=O) groups is 3. The number of hydrogen-bond donors (Lipinski definition) is 0. The fraction of sp³-hybridized carbons (Fsp3) is 0.667. The van der Waals surface area contributed by atoms with Crippen molar-refractivity contribution >= 4 is 17.9 Å². The summed E-state index contributed by atoms with van der Waals surface area (Å²) in [5.41, 5.74) is 0. The van der Waals surface area contributed by atoms with Crippen LogP contribution in [0.25, 0.3) is 0 Å². The highest BCUT2D eigenvalue weighted by Gasteiger charge is 2.19. The van der Waals surface area contributed by atoms with Gasteiger partial charge in [0, 0.05) is 19.3 Å². The third-order valence-corrected chi connectivity index (χ3v) is 12.9. The Morgan fingerprint density at radius 3 is 0.813 bits per heavy atom. The van der Waals surface area contributed by atoms with Crippen molar-refractivity contribution in [3.63, 3.8) is 0 Å². The second-order valence-electron chi connectivity index (χ2n) is 20.2. The summed E-state index contributed by atoms with van der Waals surface area (Å²) in [5.74, 6) is -0.930. The lowest BCUT2D eigenvalue weighted by Gasteiger charge is -2.18. The predicted octanol–water partition coefficient (Wildman–Crippen LogP) is 21.2. The molecule has 0 bridgehead atoms. The van der Waals surface area contributed by atoms with Crippen LogP contribution in [0.2, 0.25) is 0 Å². The molecule has 0 amide bonds. The molecular formula is C69H114O6. The lowest BCUT2D eigenvalue weighted by Crippen LogP contribution is -2.30. The van der Waals surface area contributed by atoms with Gasteiger partial charge in [-0.3, -0.25) is 14.4 Å². The van der Waals surface area contributed by atoms with E-state index in [1.54, 1.807) is 0 Å². The average Bonchev–Trinajstić information content (AvgIpc) is 3.41. The first-order valence-corrected chi connectivity index (χ1v) is 31.0. The fourth-order valence-electron chi connectivity index (χ4n) is 8.34. The lowest BCUT2D eigenvalue weighted by atomic mass is 10.1. The van der Waals surface area contributed by atoms with E-state index in [0.717, 1.165) is 154 Å². The van der Waals surface area contributed by atoms with Gasteiger partial charge in [0.2, 0.25) is 0 Å². The van der Waals surface area contributed by atoms with Gasteiger partial charge >= 0.3 is 17.9 Å². The first-order valence-electron chi connectivity index (χ1n) is 31.0. The van der Waals surface area contributed by atoms with Crippen molar-refractivity contribution in [1.29, 1.82) is 0 Å². The molecule has 0 aliphatic heterocycles. The van der Waals surface area contributed by atoms with Crippen LogP contribution < -0.4 is 0 Å². The van der Waals surface area contributed by atoms with E-state index in [0.29, 0.717) is 19.3 Å². The highest BCUT2D eigenvalue weighted by Crippen LogP contribution is 2.15. The van der Waals surface area contributed by atoms with Gasteiger partial charge < -0.3 is 14.2 Å². The number of hydrogen-bond acceptors (Lipinski definition) is 6. The standard InChI is InChI=1S/C69H114O6/c1-4-7-10-13-16-19-22-25-28-30-32-34-36-38-41-44-47-50-53-56-59-62-68(71)74-65-66(64-73-67(70)61-58-55-52-49-46-43-40-27-24-21-18-15-12-9-6-3)75-69(72)63-60-57-54-51-48-45-42-39-37-35-33-31-29-26-23-20-17-14-11-8-5-2/h7,9-10,12,16,18-19,21,23,25-28,31-34,37,39-40,66H,4-6,8,11,13-15,17,20,22,24,29-30,35-36,38,41-65H2,1-3H3/b10-7-,12-9-,19-16-,21-18-,26-23-,28-25-,33-31-,34-32-,39-37-,40-27-. The zero-order valence-electron chi connectivity index (χ0n) is 48.8. The largest absolute Gasteiger partial charge is 0.462 e. The molecule has 426 valence electrons. The van der Waals surface area contributed by atoms with Gasteiger partial charge in [0.05, 0.1) is 0 Å². The Morgan fingerprint density at radius 1 is 0.280 bits per heavy atom. The Morgan fingerprint density at radius 2 is 0.520 bits per heavy atom. The van der Waals surface area contributed by atoms with Gasteiger partial charge in [-0.05, 0) is 128 Å². The minimum atomic E-state index is -0.801. The molecule has 6 heteroatoms. The van der Waals surface area contributed by atoms with E-state index in [4.69, 9.17) is 14.2 Å². The van der Waals surface area contributed by atoms with Crippen molar-refractivity contribution in [2.45, 2.75) is 284 Å². The predicted molar refractivity (Wildman–Crippen MR) is 325 cm³/mol. The van der Waals surface area contributed by atoms with E-state index in [-0.39, 0.29) is 31.1 Å². The van der Waals surface area contributed by atoms with E-state index >= 15 is 0 Å². The zero-order valence-corrected chi connectivity index (χ0v) is 48.8. The Kier molecular flexibility index (Phi) is 58.9. The van der Waals surface area contributed by atoms with Gasteiger partial charge in [0.1, 0.15) is 13.2 Å². The molecule has 1 unspecified atom stereocenters. The summed E-state index contributed by atoms with van der Waals surface area (Å²) >= 11 is 0. The maximum Gasteiger partial charge on any atom is 0.306 e. The molecule has 1 atom stereocenters. The van der Waals surface area contributed by atoms with Crippen LogP contribution >= 0.6 is 0 Å². The van der Waals surface area contributed by atoms with Gasteiger partial charge in [-0.1, -0.05) is 251 Å². The molecule has 0 aromatic heterocycles. The number of allylic oxidation sites excluding steroid dienone is 20. The van der Waals surface area contributed by atoms with Crippen molar-refractivity contribution in [3.05, 3.63) is 122 Å². The summed E-state index contributed by atoms with van der Waals surface area (Å²) in [6.07, 6.45) is 86.2. The van der Waals surface area contributed by atoms with Gasteiger partial charge in [-0.2, -0.15) is 0 Å². The molecule has 0 aromatic rings. The number of ether oxygens (including phenoxy) is 3. The van der Waals surface area contributed by atoms with Crippen LogP contribution in [0.4, 0.5) is 0 Å². The number of esters is 3. The van der Waals surface area contributed by atoms with Crippen molar-refractivity contribution in [2.75, 3.05) is 13.2 Å². The molecule has 0 spiro atoms. The van der Waals surface area contributed by atoms with Crippen LogP contribution in [0, 0.1) is 0 Å². The average molecular weight is 1040 g/mol. The summed E-state index contributed by atoms with van der Waals surface area (Å²) in [6, 6.07) is 0. The highest BCUT2D eigenvalue weighted by atomic mass is 16.6. The normalized spacial score (nSPS) is 12.9. The van der Waals surface area contributed by atoms with E-state index in [1.165, 1.54) is 83.5 Å². The van der Waals surface area contributed by atoms with Crippen molar-refractivity contribution in [1.82, 2.24) is 0 Å². The topological polar surface area (TPSA) is 78.9 Å². The van der Waals surface area contributed by atoms with Gasteiger partial charge in [-0.15, -0.1) is 0 Å². The summed E-state index contributed by atoms with van der Waals surface area (Å²) < 4.78 is 16.9. The summed E-state index contributed by atoms with van der Waals surface area (Å²) in [6.45, 7) is 6.38. The molecular weight excluding hydrogens is 925 g/mol. The molecule has 0 saturated heterocycles. The first kappa shape index (κ1) is 70.8. The number of carbonyl (C=O) groups excluding carboxylic acids is 3. The van der Waals surface area contributed by atoms with Gasteiger partial charge in [0.25, 0.3) is 0 Å². The molecule has 75 heavy (non-hydrogen) atoms. The second-order valence-corrected chi connectivity index (χ2v) is 20.2. The second kappa shape index (κ2) is 62.4. The van der Waals surface area contributed by atoms with Crippen LogP contribution in [0.1, 0.15) is 278 Å². The van der Waals surface area contributed by atoms with Crippen molar-refractivity contribution in [2.24, 2.45) is 0 Å². The molecule has 0 aliphatic carbocycles. The first-order chi connectivity index (χ1) is 37.0. The Labute approximate surface area is 462 Å². The Bertz CT molecular complexity index is 1570. The molecule has 0 aromatic carbocycles. The molecule has 0 fully saturated rings. The SMILES string of the molecule is CC/C=C\C/C=C\C/C=C\C/C=C\CCCCCCCCCCC(=O)OCC(COC(=O)CCCCCCC/C=C\C/C=C\C/C=C\CC)OC(=O)CCCCCCCC/C=C\C/C=C\C/C=C\CCCCCCC. The summed E-state index contributed by atoms with van der Waals surface area (Å²) in [4.78, 5) is 38.3. The minimum Gasteiger partial charge on any atom is -0.462 e. The van der Waals surface area contributed by atoms with Crippen LogP contribution in [0.15, 0.2) is 122 Å². The number of unbranched alkanes of at least 4 members (excludes halogenated alkanes) is 24. The van der Waals surface area contributed by atoms with E-state index in [1.807, 2.05) is 0 Å². The third kappa shape index (κ3) is 60.6. The molecule has 0 saturated carbocycles. The molecule has 6 nitrogen and oxygen atoms in total. The molecule has 0 heterocycles. The number of rotatable bonds is 55. The van der Waals surface area contributed by atoms with Gasteiger partial charge in [-0.25, -0.2) is 0 Å². The van der Waals surface area contributed by atoms with Crippen molar-refractivity contribution < 1.29 is 28.6 Å². The van der Waals surface area contributed by atoms with Crippen molar-refractivity contribution in [3.8, 4) is 0 Å². The fourth-order valence-corrected chi connectivity index (χ4v) is 8.34. The smallest absolute Gasteiger partial charge is 0.306 e. The van der Waals surface area contributed by atoms with Crippen LogP contribution in [-0.2, 0) is 28.6 Å². The minimum absolute atomic E-state index is 0.0960. The zero-order chi connectivity index (χ0) is 54.3. The van der Waals surface area contributed by atoms with E-state index in [9.17, 15) is 14.4 Å².